The summed E-state index contributed by atoms with van der Waals surface area (Å²) in [5, 5.41) is 0. The van der Waals surface area contributed by atoms with Crippen LogP contribution < -0.4 is 11.3 Å². The first-order chi connectivity index (χ1) is 5.35. The van der Waals surface area contributed by atoms with Crippen LogP contribution in [0.2, 0.25) is 0 Å². The number of nitrogens with one attached hydrogen (secondary N) is 1. The Morgan fingerprint density at radius 1 is 1.58 bits per heavy atom. The predicted octanol–water partition coefficient (Wildman–Crippen LogP) is -0.171. The lowest BCUT2D eigenvalue weighted by atomic mass is 10.2. The molecule has 0 bridgehead atoms. The van der Waals surface area contributed by atoms with Gasteiger partial charge >= 0.3 is 0 Å². The second kappa shape index (κ2) is 4.59. The van der Waals surface area contributed by atoms with Crippen molar-refractivity contribution in [1.82, 2.24) is 5.43 Å². The van der Waals surface area contributed by atoms with Gasteiger partial charge in [0.2, 0.25) is 0 Å². The topological polar surface area (TPSA) is 72.2 Å². The molecule has 0 aromatic rings. The largest absolute Gasteiger partial charge is 0.271 e. The van der Waals surface area contributed by atoms with E-state index in [1.165, 1.54) is 6.26 Å². The highest BCUT2D eigenvalue weighted by Crippen LogP contribution is 1.97. The molecule has 0 amide bonds. The van der Waals surface area contributed by atoms with Gasteiger partial charge in [-0.15, -0.1) is 0 Å². The van der Waals surface area contributed by atoms with Gasteiger partial charge in [-0.2, -0.15) is 0 Å². The van der Waals surface area contributed by atoms with Crippen LogP contribution in [-0.4, -0.2) is 26.5 Å². The third kappa shape index (κ3) is 6.33. The Balaban J connectivity index is 4.30. The normalized spacial score (nSPS) is 14.0. The molecular formula is C7H16N2O2S. The maximum Gasteiger partial charge on any atom is 0.149 e. The summed E-state index contributed by atoms with van der Waals surface area (Å²) < 4.78 is 21.7. The fourth-order valence-electron chi connectivity index (χ4n) is 0.873. The third-order valence-electron chi connectivity index (χ3n) is 1.23. The van der Waals surface area contributed by atoms with Crippen LogP contribution in [0, 0.1) is 0 Å². The fourth-order valence-corrected chi connectivity index (χ4v) is 1.72. The molecule has 0 aliphatic heterocycles. The highest BCUT2D eigenvalue weighted by molar-refractivity contribution is 7.90. The lowest BCUT2D eigenvalue weighted by Gasteiger charge is -2.10. The smallest absolute Gasteiger partial charge is 0.149 e. The van der Waals surface area contributed by atoms with E-state index in [9.17, 15) is 8.42 Å². The summed E-state index contributed by atoms with van der Waals surface area (Å²) in [5.41, 5.74) is 3.48. The second-order valence-electron chi connectivity index (χ2n) is 3.11. The average Bonchev–Trinajstić information content (AvgIpc) is 1.82. The molecule has 0 aliphatic rings. The van der Waals surface area contributed by atoms with Crippen molar-refractivity contribution in [2.45, 2.75) is 19.9 Å². The van der Waals surface area contributed by atoms with Gasteiger partial charge in [-0.25, -0.2) is 8.42 Å². The van der Waals surface area contributed by atoms with E-state index in [1.807, 2.05) is 13.8 Å². The van der Waals surface area contributed by atoms with Crippen LogP contribution in [0.5, 0.6) is 0 Å². The van der Waals surface area contributed by atoms with Gasteiger partial charge in [0.15, 0.2) is 0 Å². The van der Waals surface area contributed by atoms with Crippen molar-refractivity contribution in [2.24, 2.45) is 5.84 Å². The highest BCUT2D eigenvalue weighted by Gasteiger charge is 2.10. The van der Waals surface area contributed by atoms with E-state index in [4.69, 9.17) is 5.84 Å². The highest BCUT2D eigenvalue weighted by atomic mass is 32.2. The van der Waals surface area contributed by atoms with E-state index < -0.39 is 9.84 Å². The van der Waals surface area contributed by atoms with E-state index in [-0.39, 0.29) is 11.8 Å². The van der Waals surface area contributed by atoms with Gasteiger partial charge in [0, 0.05) is 6.26 Å². The molecule has 0 radical (unpaired) electrons. The molecule has 0 spiro atoms. The van der Waals surface area contributed by atoms with Crippen molar-refractivity contribution in [2.75, 3.05) is 12.0 Å². The van der Waals surface area contributed by atoms with Crippen molar-refractivity contribution in [3.05, 3.63) is 11.6 Å². The van der Waals surface area contributed by atoms with Crippen LogP contribution in [0.15, 0.2) is 11.6 Å². The lowest BCUT2D eigenvalue weighted by molar-refractivity contribution is 0.585. The molecule has 0 heterocycles. The third-order valence-corrected chi connectivity index (χ3v) is 2.20. The van der Waals surface area contributed by atoms with Gasteiger partial charge in [0.1, 0.15) is 9.84 Å². The van der Waals surface area contributed by atoms with Gasteiger partial charge in [0.25, 0.3) is 0 Å². The van der Waals surface area contributed by atoms with E-state index >= 15 is 0 Å². The monoisotopic (exact) mass is 192 g/mol. The number of allylic oxidation sites excluding steroid dienone is 1. The Labute approximate surface area is 73.7 Å². The summed E-state index contributed by atoms with van der Waals surface area (Å²) >= 11 is 0. The first-order valence-electron chi connectivity index (χ1n) is 3.64. The molecule has 3 N–H and O–H groups in total. The summed E-state index contributed by atoms with van der Waals surface area (Å²) in [6, 6.07) is -0.287. The Bertz CT molecular complexity index is 253. The Hall–Kier alpha value is -0.390. The predicted molar refractivity (Wildman–Crippen MR) is 50.3 cm³/mol. The molecular weight excluding hydrogens is 176 g/mol. The molecule has 0 aromatic carbocycles. The van der Waals surface area contributed by atoms with Gasteiger partial charge < -0.3 is 0 Å². The minimum absolute atomic E-state index is 0.0364. The van der Waals surface area contributed by atoms with Crippen molar-refractivity contribution < 1.29 is 8.42 Å². The average molecular weight is 192 g/mol. The molecule has 12 heavy (non-hydrogen) atoms. The summed E-state index contributed by atoms with van der Waals surface area (Å²) in [6.07, 6.45) is 2.98. The molecule has 0 aliphatic carbocycles. The zero-order valence-corrected chi connectivity index (χ0v) is 8.48. The van der Waals surface area contributed by atoms with Crippen LogP contribution in [-0.2, 0) is 9.84 Å². The zero-order chi connectivity index (χ0) is 9.78. The molecule has 0 saturated heterocycles. The van der Waals surface area contributed by atoms with Crippen LogP contribution >= 0.6 is 0 Å². The summed E-state index contributed by atoms with van der Waals surface area (Å²) in [6.45, 7) is 3.79. The maximum atomic E-state index is 10.9. The summed E-state index contributed by atoms with van der Waals surface area (Å²) in [7, 11) is -2.97. The second-order valence-corrected chi connectivity index (χ2v) is 5.29. The van der Waals surface area contributed by atoms with E-state index in [0.29, 0.717) is 0 Å². The van der Waals surface area contributed by atoms with Gasteiger partial charge in [0.05, 0.1) is 11.8 Å². The van der Waals surface area contributed by atoms with E-state index in [1.54, 1.807) is 6.08 Å². The Morgan fingerprint density at radius 3 is 2.33 bits per heavy atom. The molecule has 0 fully saturated rings. The van der Waals surface area contributed by atoms with Gasteiger partial charge in [-0.05, 0) is 13.8 Å². The number of rotatable bonds is 4. The van der Waals surface area contributed by atoms with Crippen molar-refractivity contribution in [3.63, 3.8) is 0 Å². The van der Waals surface area contributed by atoms with Gasteiger partial charge in [-0.1, -0.05) is 11.6 Å². The van der Waals surface area contributed by atoms with Crippen LogP contribution in [0.1, 0.15) is 13.8 Å². The van der Waals surface area contributed by atoms with E-state index in [2.05, 4.69) is 5.43 Å². The molecule has 1 unspecified atom stereocenters. The van der Waals surface area contributed by atoms with Gasteiger partial charge in [-0.3, -0.25) is 11.3 Å². The molecule has 4 nitrogen and oxygen atoms in total. The molecule has 5 heteroatoms. The van der Waals surface area contributed by atoms with Crippen molar-refractivity contribution in [1.29, 1.82) is 0 Å². The first kappa shape index (κ1) is 11.6. The molecule has 1 atom stereocenters. The molecule has 0 aromatic heterocycles. The van der Waals surface area contributed by atoms with Crippen LogP contribution in [0.3, 0.4) is 0 Å². The fraction of sp³-hybridized carbons (Fsp3) is 0.714. The number of hydrogen-bond donors (Lipinski definition) is 2. The SMILES string of the molecule is CC(C)=CC(CS(C)(=O)=O)NN. The number of sulfone groups is 1. The number of hydrazine groups is 1. The zero-order valence-electron chi connectivity index (χ0n) is 7.66. The minimum Gasteiger partial charge on any atom is -0.271 e. The standard InChI is InChI=1S/C7H16N2O2S/c1-6(2)4-7(9-8)5-12(3,10)11/h4,7,9H,5,8H2,1-3H3. The Morgan fingerprint density at radius 2 is 2.08 bits per heavy atom. The summed E-state index contributed by atoms with van der Waals surface area (Å²) in [4.78, 5) is 0. The van der Waals surface area contributed by atoms with Crippen LogP contribution in [0.25, 0.3) is 0 Å². The first-order valence-corrected chi connectivity index (χ1v) is 5.70. The van der Waals surface area contributed by atoms with Crippen molar-refractivity contribution >= 4 is 9.84 Å². The molecule has 0 rings (SSSR count). The summed E-state index contributed by atoms with van der Waals surface area (Å²) in [5.74, 6) is 5.21. The molecule has 0 saturated carbocycles. The van der Waals surface area contributed by atoms with Crippen molar-refractivity contribution in [3.8, 4) is 0 Å². The number of nitrogens with two attached hydrogens (primary N) is 1. The maximum absolute atomic E-state index is 10.9. The minimum atomic E-state index is -2.97. The quantitative estimate of drug-likeness (QED) is 0.368. The molecule has 72 valence electrons. The van der Waals surface area contributed by atoms with E-state index in [0.717, 1.165) is 5.57 Å². The number of hydrogen-bond acceptors (Lipinski definition) is 4. The lowest BCUT2D eigenvalue weighted by Crippen LogP contribution is -2.38. The Kier molecular flexibility index (Phi) is 4.44. The van der Waals surface area contributed by atoms with Crippen LogP contribution in [0.4, 0.5) is 0 Å².